The van der Waals surface area contributed by atoms with E-state index in [0.717, 1.165) is 15.7 Å². The van der Waals surface area contributed by atoms with Gasteiger partial charge in [0, 0.05) is 5.75 Å². The summed E-state index contributed by atoms with van der Waals surface area (Å²) in [5.41, 5.74) is 5.59. The number of aromatic nitrogens is 1. The first-order valence-corrected chi connectivity index (χ1v) is 8.07. The molecule has 0 aliphatic carbocycles. The van der Waals surface area contributed by atoms with Gasteiger partial charge < -0.3 is 10.5 Å². The zero-order valence-electron chi connectivity index (χ0n) is 10.8. The van der Waals surface area contributed by atoms with Gasteiger partial charge >= 0.3 is 0 Å². The summed E-state index contributed by atoms with van der Waals surface area (Å²) in [6.45, 7) is 0.667. The number of fused-ring (bicyclic) bond motifs is 1. The van der Waals surface area contributed by atoms with Crippen molar-refractivity contribution >= 4 is 39.0 Å². The Morgan fingerprint density at radius 2 is 2.00 bits per heavy atom. The summed E-state index contributed by atoms with van der Waals surface area (Å²) >= 11 is 3.23. The first kappa shape index (κ1) is 13.3. The Morgan fingerprint density at radius 1 is 1.15 bits per heavy atom. The molecule has 0 bridgehead atoms. The van der Waals surface area contributed by atoms with Crippen LogP contribution in [-0.4, -0.2) is 17.3 Å². The maximum Gasteiger partial charge on any atom is 0.181 e. The number of nitrogen functional groups attached to an aromatic ring is 1. The summed E-state index contributed by atoms with van der Waals surface area (Å²) in [7, 11) is 0. The van der Waals surface area contributed by atoms with Crippen LogP contribution in [0.3, 0.4) is 0 Å². The van der Waals surface area contributed by atoms with Gasteiger partial charge in [-0.25, -0.2) is 4.98 Å². The molecule has 3 aromatic rings. The van der Waals surface area contributed by atoms with Crippen molar-refractivity contribution in [2.75, 3.05) is 18.1 Å². The molecule has 0 spiro atoms. The quantitative estimate of drug-likeness (QED) is 0.570. The molecule has 0 unspecified atom stereocenters. The van der Waals surface area contributed by atoms with Gasteiger partial charge in [0.25, 0.3) is 0 Å². The second-order valence-corrected chi connectivity index (χ2v) is 6.68. The van der Waals surface area contributed by atoms with Crippen molar-refractivity contribution in [1.82, 2.24) is 4.98 Å². The van der Waals surface area contributed by atoms with Gasteiger partial charge in [0.1, 0.15) is 5.75 Å². The number of thiazole rings is 1. The topological polar surface area (TPSA) is 48.1 Å². The molecule has 1 heterocycles. The number of nitrogens with zero attached hydrogens (tertiary/aromatic N) is 1. The fourth-order valence-electron chi connectivity index (χ4n) is 1.90. The average Bonchev–Trinajstić information content (AvgIpc) is 2.89. The first-order valence-electron chi connectivity index (χ1n) is 6.27. The Hall–Kier alpha value is -1.72. The van der Waals surface area contributed by atoms with Crippen molar-refractivity contribution in [3.05, 3.63) is 48.7 Å². The van der Waals surface area contributed by atoms with E-state index in [1.165, 1.54) is 22.1 Å². The zero-order chi connectivity index (χ0) is 13.8. The van der Waals surface area contributed by atoms with Gasteiger partial charge in [-0.1, -0.05) is 41.7 Å². The molecule has 0 atom stereocenters. The molecule has 20 heavy (non-hydrogen) atoms. The van der Waals surface area contributed by atoms with E-state index in [1.807, 2.05) is 18.2 Å². The molecule has 2 aromatic carbocycles. The fraction of sp³-hybridized carbons (Fsp3) is 0.133. The minimum absolute atomic E-state index is 0.614. The van der Waals surface area contributed by atoms with Gasteiger partial charge in [-0.2, -0.15) is 0 Å². The standard InChI is InChI=1S/C15H14N2OS2/c16-15-17-10-14(20-15)19-8-7-18-13-6-5-11-3-1-2-4-12(11)9-13/h1-6,9-10H,7-8H2,(H2,16,17). The molecule has 0 fully saturated rings. The molecular formula is C15H14N2OS2. The predicted octanol–water partition coefficient (Wildman–Crippen LogP) is 4.05. The molecule has 2 N–H and O–H groups in total. The minimum Gasteiger partial charge on any atom is -0.493 e. The lowest BCUT2D eigenvalue weighted by molar-refractivity contribution is 0.344. The van der Waals surface area contributed by atoms with E-state index in [0.29, 0.717) is 11.7 Å². The maximum absolute atomic E-state index is 5.77. The molecule has 3 nitrogen and oxygen atoms in total. The third kappa shape index (κ3) is 3.23. The van der Waals surface area contributed by atoms with Gasteiger partial charge in [0.15, 0.2) is 5.13 Å². The van der Waals surface area contributed by atoms with E-state index in [1.54, 1.807) is 18.0 Å². The Bertz CT molecular complexity index is 712. The summed E-state index contributed by atoms with van der Waals surface area (Å²) in [6.07, 6.45) is 1.81. The van der Waals surface area contributed by atoms with Crippen LogP contribution >= 0.6 is 23.1 Å². The van der Waals surface area contributed by atoms with E-state index < -0.39 is 0 Å². The normalized spacial score (nSPS) is 10.8. The number of anilines is 1. The SMILES string of the molecule is Nc1ncc(SCCOc2ccc3ccccc3c2)s1. The molecule has 0 radical (unpaired) electrons. The maximum atomic E-state index is 5.77. The summed E-state index contributed by atoms with van der Waals surface area (Å²) < 4.78 is 6.90. The molecule has 0 saturated heterocycles. The summed E-state index contributed by atoms with van der Waals surface area (Å²) in [5, 5.41) is 3.05. The molecular weight excluding hydrogens is 288 g/mol. The molecule has 1 aromatic heterocycles. The van der Waals surface area contributed by atoms with Gasteiger partial charge in [-0.05, 0) is 22.9 Å². The zero-order valence-corrected chi connectivity index (χ0v) is 12.4. The predicted molar refractivity (Wildman–Crippen MR) is 86.7 cm³/mol. The lowest BCUT2D eigenvalue weighted by atomic mass is 10.1. The highest BCUT2D eigenvalue weighted by Gasteiger charge is 2.00. The molecule has 0 saturated carbocycles. The van der Waals surface area contributed by atoms with E-state index in [-0.39, 0.29) is 0 Å². The monoisotopic (exact) mass is 302 g/mol. The van der Waals surface area contributed by atoms with Crippen LogP contribution in [0.2, 0.25) is 0 Å². The van der Waals surface area contributed by atoms with Gasteiger partial charge in [0.05, 0.1) is 17.0 Å². The van der Waals surface area contributed by atoms with Gasteiger partial charge in [-0.3, -0.25) is 0 Å². The van der Waals surface area contributed by atoms with Crippen LogP contribution in [0, 0.1) is 0 Å². The Morgan fingerprint density at radius 3 is 2.80 bits per heavy atom. The Labute approximate surface area is 125 Å². The number of hydrogen-bond donors (Lipinski definition) is 1. The van der Waals surface area contributed by atoms with Crippen LogP contribution in [-0.2, 0) is 0 Å². The van der Waals surface area contributed by atoms with E-state index >= 15 is 0 Å². The third-order valence-electron chi connectivity index (χ3n) is 2.82. The van der Waals surface area contributed by atoms with Crippen molar-refractivity contribution in [1.29, 1.82) is 0 Å². The molecule has 0 aliphatic rings. The van der Waals surface area contributed by atoms with Crippen molar-refractivity contribution in [2.24, 2.45) is 0 Å². The van der Waals surface area contributed by atoms with E-state index in [4.69, 9.17) is 10.5 Å². The van der Waals surface area contributed by atoms with Crippen molar-refractivity contribution in [3.63, 3.8) is 0 Å². The van der Waals surface area contributed by atoms with Crippen LogP contribution in [0.15, 0.2) is 52.9 Å². The Kier molecular flexibility index (Phi) is 4.08. The number of ether oxygens (including phenoxy) is 1. The second-order valence-electron chi connectivity index (χ2n) is 4.22. The van der Waals surface area contributed by atoms with E-state index in [9.17, 15) is 0 Å². The number of hydrogen-bond acceptors (Lipinski definition) is 5. The summed E-state index contributed by atoms with van der Waals surface area (Å²) in [5.74, 6) is 1.79. The smallest absolute Gasteiger partial charge is 0.181 e. The number of thioether (sulfide) groups is 1. The molecule has 0 amide bonds. The second kappa shape index (κ2) is 6.15. The lowest BCUT2D eigenvalue weighted by Gasteiger charge is -2.06. The van der Waals surface area contributed by atoms with Crippen molar-refractivity contribution in [3.8, 4) is 5.75 Å². The minimum atomic E-state index is 0.614. The molecule has 0 aliphatic heterocycles. The van der Waals surface area contributed by atoms with E-state index in [2.05, 4.69) is 29.2 Å². The molecule has 102 valence electrons. The van der Waals surface area contributed by atoms with Crippen molar-refractivity contribution < 1.29 is 4.74 Å². The molecule has 5 heteroatoms. The third-order valence-corrected chi connectivity index (χ3v) is 4.81. The largest absolute Gasteiger partial charge is 0.493 e. The number of benzene rings is 2. The number of rotatable bonds is 5. The number of nitrogens with two attached hydrogens (primary N) is 1. The highest BCUT2D eigenvalue weighted by atomic mass is 32.2. The van der Waals surface area contributed by atoms with Crippen LogP contribution in [0.5, 0.6) is 5.75 Å². The lowest BCUT2D eigenvalue weighted by Crippen LogP contribution is -1.99. The Balaban J connectivity index is 1.54. The van der Waals surface area contributed by atoms with Gasteiger partial charge in [-0.15, -0.1) is 11.8 Å². The van der Waals surface area contributed by atoms with Gasteiger partial charge in [0.2, 0.25) is 0 Å². The highest BCUT2D eigenvalue weighted by Crippen LogP contribution is 2.26. The molecule has 3 rings (SSSR count). The van der Waals surface area contributed by atoms with Crippen LogP contribution in [0.1, 0.15) is 0 Å². The average molecular weight is 302 g/mol. The highest BCUT2D eigenvalue weighted by molar-refractivity contribution is 8.01. The van der Waals surface area contributed by atoms with Crippen molar-refractivity contribution in [2.45, 2.75) is 4.21 Å². The van der Waals surface area contributed by atoms with Crippen LogP contribution in [0.25, 0.3) is 10.8 Å². The summed E-state index contributed by atoms with van der Waals surface area (Å²) in [4.78, 5) is 4.02. The van der Waals surface area contributed by atoms with Crippen LogP contribution in [0.4, 0.5) is 5.13 Å². The fourth-order valence-corrected chi connectivity index (χ4v) is 3.55. The summed E-state index contributed by atoms with van der Waals surface area (Å²) in [6, 6.07) is 14.4. The van der Waals surface area contributed by atoms with Crippen LogP contribution < -0.4 is 10.5 Å². The first-order chi connectivity index (χ1) is 9.81.